The summed E-state index contributed by atoms with van der Waals surface area (Å²) in [5.41, 5.74) is 6.68. The number of hydrogen-bond acceptors (Lipinski definition) is 3. The van der Waals surface area contributed by atoms with Crippen molar-refractivity contribution in [3.63, 3.8) is 0 Å². The normalized spacial score (nSPS) is 25.4. The molecule has 188 valence electrons. The van der Waals surface area contributed by atoms with Crippen LogP contribution in [-0.4, -0.2) is 21.6 Å². The summed E-state index contributed by atoms with van der Waals surface area (Å²) in [7, 11) is 0. The molecule has 5 rings (SSSR count). The molecular formula is C32H38N2O2. The van der Waals surface area contributed by atoms with E-state index in [2.05, 4.69) is 59.7 Å². The van der Waals surface area contributed by atoms with Gasteiger partial charge in [0, 0.05) is 16.7 Å². The van der Waals surface area contributed by atoms with Crippen molar-refractivity contribution < 1.29 is 9.90 Å². The second-order valence-electron chi connectivity index (χ2n) is 11.1. The molecule has 0 aliphatic heterocycles. The molecule has 4 nitrogen and oxygen atoms in total. The molecule has 0 radical (unpaired) electrons. The number of anilines is 1. The molecule has 2 aromatic carbocycles. The van der Waals surface area contributed by atoms with Gasteiger partial charge in [-0.3, -0.25) is 9.78 Å². The van der Waals surface area contributed by atoms with Crippen LogP contribution in [0.5, 0.6) is 0 Å². The van der Waals surface area contributed by atoms with Crippen LogP contribution in [0, 0.1) is 19.8 Å². The molecule has 1 aromatic heterocycles. The second-order valence-corrected chi connectivity index (χ2v) is 11.1. The van der Waals surface area contributed by atoms with Gasteiger partial charge < -0.3 is 10.4 Å². The van der Waals surface area contributed by atoms with Crippen LogP contribution in [0.3, 0.4) is 0 Å². The first-order chi connectivity index (χ1) is 17.3. The predicted molar refractivity (Wildman–Crippen MR) is 145 cm³/mol. The van der Waals surface area contributed by atoms with Crippen molar-refractivity contribution in [2.45, 2.75) is 83.2 Å². The molecule has 0 bridgehead atoms. The van der Waals surface area contributed by atoms with Crippen molar-refractivity contribution in [3.8, 4) is 0 Å². The minimum absolute atomic E-state index is 0.0128. The predicted octanol–water partition coefficient (Wildman–Crippen LogP) is 6.71. The van der Waals surface area contributed by atoms with Crippen molar-refractivity contribution in [2.75, 3.05) is 5.32 Å². The summed E-state index contributed by atoms with van der Waals surface area (Å²) in [6.45, 7) is 5.99. The van der Waals surface area contributed by atoms with E-state index in [4.69, 9.17) is 0 Å². The Kier molecular flexibility index (Phi) is 6.74. The Hall–Kier alpha value is -2.98. The van der Waals surface area contributed by atoms with Gasteiger partial charge in [-0.2, -0.15) is 0 Å². The van der Waals surface area contributed by atoms with Gasteiger partial charge in [-0.25, -0.2) is 0 Å². The summed E-state index contributed by atoms with van der Waals surface area (Å²) in [5, 5.41) is 14.3. The third kappa shape index (κ3) is 4.71. The quantitative estimate of drug-likeness (QED) is 0.425. The summed E-state index contributed by atoms with van der Waals surface area (Å²) in [4.78, 5) is 17.7. The standard InChI is InChI=1S/C32H38N2O2/c1-4-31(36)17-18-32(20-24-9-6-5-7-10-24)27(21-31)12-8-11-25-19-26(14-15-28(25)32)30(35)34-29-16-13-22(2)33-23(29)3/h5-7,9-10,13-16,19,27,36H,4,8,11-12,17-18,20-21H2,1-3H3,(H,34,35)/t27-,31+,32-/m0/s1. The molecule has 0 spiro atoms. The number of carbonyl (C=O) groups excluding carboxylic acids is 1. The average molecular weight is 483 g/mol. The number of rotatable bonds is 5. The number of benzene rings is 2. The molecule has 1 amide bonds. The van der Waals surface area contributed by atoms with Gasteiger partial charge in [0.2, 0.25) is 0 Å². The van der Waals surface area contributed by atoms with E-state index in [0.29, 0.717) is 11.5 Å². The zero-order valence-corrected chi connectivity index (χ0v) is 21.8. The Morgan fingerprint density at radius 3 is 2.64 bits per heavy atom. The van der Waals surface area contributed by atoms with E-state index in [1.807, 2.05) is 32.0 Å². The largest absolute Gasteiger partial charge is 0.390 e. The number of pyridine rings is 1. The number of aromatic nitrogens is 1. The molecule has 36 heavy (non-hydrogen) atoms. The van der Waals surface area contributed by atoms with E-state index in [1.165, 1.54) is 16.7 Å². The Bertz CT molecular complexity index is 1250. The number of nitrogens with zero attached hydrogens (tertiary/aromatic N) is 1. The van der Waals surface area contributed by atoms with Gasteiger partial charge in [0.05, 0.1) is 17.0 Å². The molecule has 2 N–H and O–H groups in total. The first-order valence-corrected chi connectivity index (χ1v) is 13.5. The highest BCUT2D eigenvalue weighted by Gasteiger charge is 2.50. The molecular weight excluding hydrogens is 444 g/mol. The maximum atomic E-state index is 13.2. The van der Waals surface area contributed by atoms with Crippen LogP contribution in [-0.2, 0) is 18.3 Å². The van der Waals surface area contributed by atoms with Crippen LogP contribution >= 0.6 is 0 Å². The van der Waals surface area contributed by atoms with Crippen LogP contribution in [0.25, 0.3) is 0 Å². The molecule has 0 saturated heterocycles. The van der Waals surface area contributed by atoms with Crippen LogP contribution < -0.4 is 5.32 Å². The molecule has 4 heteroatoms. The zero-order chi connectivity index (χ0) is 25.3. The van der Waals surface area contributed by atoms with Crippen molar-refractivity contribution in [2.24, 2.45) is 5.92 Å². The molecule has 1 heterocycles. The van der Waals surface area contributed by atoms with Crippen LogP contribution in [0.15, 0.2) is 60.7 Å². The topological polar surface area (TPSA) is 62.2 Å². The lowest BCUT2D eigenvalue weighted by Crippen LogP contribution is -2.48. The Labute approximate surface area is 215 Å². The third-order valence-electron chi connectivity index (χ3n) is 8.84. The number of aliphatic hydroxyl groups is 1. The summed E-state index contributed by atoms with van der Waals surface area (Å²) in [6.07, 6.45) is 7.61. The first-order valence-electron chi connectivity index (χ1n) is 13.5. The fourth-order valence-electron chi connectivity index (χ4n) is 6.74. The summed E-state index contributed by atoms with van der Waals surface area (Å²) < 4.78 is 0. The number of carbonyl (C=O) groups is 1. The first kappa shape index (κ1) is 24.7. The molecule has 0 unspecified atom stereocenters. The highest BCUT2D eigenvalue weighted by Crippen LogP contribution is 2.54. The van der Waals surface area contributed by atoms with Crippen molar-refractivity contribution >= 4 is 11.6 Å². The maximum Gasteiger partial charge on any atom is 0.255 e. The van der Waals surface area contributed by atoms with Gasteiger partial charge in [0.1, 0.15) is 0 Å². The Morgan fingerprint density at radius 1 is 1.08 bits per heavy atom. The third-order valence-corrected chi connectivity index (χ3v) is 8.84. The SMILES string of the molecule is CC[C@@]1(O)CC[C@@]2(Cc3ccccc3)c3ccc(C(=O)Nc4ccc(C)nc4C)cc3CCC[C@H]2C1. The second kappa shape index (κ2) is 9.82. The fraction of sp³-hybridized carbons (Fsp3) is 0.438. The molecule has 2 aliphatic rings. The van der Waals surface area contributed by atoms with Gasteiger partial charge in [0.25, 0.3) is 5.91 Å². The zero-order valence-electron chi connectivity index (χ0n) is 21.8. The minimum Gasteiger partial charge on any atom is -0.390 e. The number of fused-ring (bicyclic) bond motifs is 3. The maximum absolute atomic E-state index is 13.2. The van der Waals surface area contributed by atoms with E-state index in [1.54, 1.807) is 0 Å². The van der Waals surface area contributed by atoms with E-state index < -0.39 is 5.60 Å². The van der Waals surface area contributed by atoms with Crippen molar-refractivity contribution in [3.05, 3.63) is 94.3 Å². The van der Waals surface area contributed by atoms with E-state index in [-0.39, 0.29) is 11.3 Å². The molecule has 3 atom stereocenters. The van der Waals surface area contributed by atoms with Crippen LogP contribution in [0.2, 0.25) is 0 Å². The van der Waals surface area contributed by atoms with Gasteiger partial charge in [-0.15, -0.1) is 0 Å². The Morgan fingerprint density at radius 2 is 1.89 bits per heavy atom. The van der Waals surface area contributed by atoms with Gasteiger partial charge in [-0.1, -0.05) is 43.3 Å². The molecule has 2 aliphatic carbocycles. The molecule has 3 aromatic rings. The molecule has 1 saturated carbocycles. The van der Waals surface area contributed by atoms with Crippen molar-refractivity contribution in [1.82, 2.24) is 4.98 Å². The lowest BCUT2D eigenvalue weighted by molar-refractivity contribution is -0.0497. The lowest BCUT2D eigenvalue weighted by atomic mass is 9.55. The van der Waals surface area contributed by atoms with Gasteiger partial charge in [-0.05, 0) is 112 Å². The molecule has 1 fully saturated rings. The monoisotopic (exact) mass is 482 g/mol. The average Bonchev–Trinajstić information content (AvgIpc) is 3.02. The Balaban J connectivity index is 1.51. The smallest absolute Gasteiger partial charge is 0.255 e. The van der Waals surface area contributed by atoms with Crippen LogP contribution in [0.4, 0.5) is 5.69 Å². The minimum atomic E-state index is -0.560. The number of hydrogen-bond donors (Lipinski definition) is 2. The van der Waals surface area contributed by atoms with Gasteiger partial charge >= 0.3 is 0 Å². The van der Waals surface area contributed by atoms with E-state index in [0.717, 1.165) is 68.4 Å². The van der Waals surface area contributed by atoms with Crippen molar-refractivity contribution in [1.29, 1.82) is 0 Å². The van der Waals surface area contributed by atoms with Crippen LogP contribution in [0.1, 0.15) is 83.9 Å². The van der Waals surface area contributed by atoms with Gasteiger partial charge in [0.15, 0.2) is 0 Å². The lowest BCUT2D eigenvalue weighted by Gasteiger charge is -2.50. The summed E-state index contributed by atoms with van der Waals surface area (Å²) in [6, 6.07) is 21.0. The highest BCUT2D eigenvalue weighted by atomic mass is 16.3. The summed E-state index contributed by atoms with van der Waals surface area (Å²) >= 11 is 0. The van der Waals surface area contributed by atoms with E-state index >= 15 is 0 Å². The fourth-order valence-corrected chi connectivity index (χ4v) is 6.74. The number of amides is 1. The highest BCUT2D eigenvalue weighted by molar-refractivity contribution is 6.04. The van der Waals surface area contributed by atoms with E-state index in [9.17, 15) is 9.90 Å². The summed E-state index contributed by atoms with van der Waals surface area (Å²) in [5.74, 6) is 0.340. The number of aryl methyl sites for hydroxylation is 3. The number of nitrogens with one attached hydrogen (secondary N) is 1.